The van der Waals surface area contributed by atoms with Gasteiger partial charge < -0.3 is 10.6 Å². The number of carbonyl (C=O) groups excluding carboxylic acids is 1. The molecule has 0 spiro atoms. The molecule has 1 atom stereocenters. The summed E-state index contributed by atoms with van der Waals surface area (Å²) >= 11 is 0. The van der Waals surface area contributed by atoms with Crippen molar-refractivity contribution >= 4 is 45.6 Å². The van der Waals surface area contributed by atoms with Crippen LogP contribution in [0.1, 0.15) is 41.6 Å². The lowest BCUT2D eigenvalue weighted by Crippen LogP contribution is -2.25. The van der Waals surface area contributed by atoms with Crippen LogP contribution >= 0.6 is 0 Å². The van der Waals surface area contributed by atoms with Gasteiger partial charge >= 0.3 is 0 Å². The van der Waals surface area contributed by atoms with Gasteiger partial charge in [-0.2, -0.15) is 0 Å². The van der Waals surface area contributed by atoms with Crippen molar-refractivity contribution in [3.8, 4) is 0 Å². The lowest BCUT2D eigenvalue weighted by molar-refractivity contribution is 0.0365. The van der Waals surface area contributed by atoms with Crippen LogP contribution in [0.25, 0.3) is 0 Å². The molecule has 37 heavy (non-hydrogen) atoms. The van der Waals surface area contributed by atoms with Crippen molar-refractivity contribution in [1.29, 1.82) is 0 Å². The fraction of sp³-hybridized carbons (Fsp3) is 0.292. The smallest absolute Gasteiger partial charge is 0.278 e. The summed E-state index contributed by atoms with van der Waals surface area (Å²) < 4.78 is 56.2. The fourth-order valence-electron chi connectivity index (χ4n) is 3.56. The number of carbonyl (C=O) groups is 1. The number of hydrogen-bond acceptors (Lipinski definition) is 7. The van der Waals surface area contributed by atoms with Crippen LogP contribution < -0.4 is 20.4 Å². The zero-order valence-corrected chi connectivity index (χ0v) is 21.1. The number of halogens is 3. The minimum absolute atomic E-state index is 0.0319. The molecular weight excluding hydrogens is 509 g/mol. The second kappa shape index (κ2) is 11.1. The Kier molecular flexibility index (Phi) is 7.93. The molecule has 1 aliphatic rings. The molecule has 0 saturated heterocycles. The molecule has 1 aliphatic carbocycles. The average molecular weight is 535 g/mol. The number of aromatic nitrogens is 2. The van der Waals surface area contributed by atoms with E-state index in [2.05, 4.69) is 26.1 Å². The number of hydroxylamine groups is 1. The number of anilines is 5. The fourth-order valence-corrected chi connectivity index (χ4v) is 3.99. The minimum atomic E-state index is -1.42. The van der Waals surface area contributed by atoms with Gasteiger partial charge in [0, 0.05) is 31.6 Å². The average Bonchev–Trinajstić information content (AvgIpc) is 3.69. The summed E-state index contributed by atoms with van der Waals surface area (Å²) in [6, 6.07) is 4.97. The molecule has 0 bridgehead atoms. The zero-order chi connectivity index (χ0) is 26.7. The van der Waals surface area contributed by atoms with Gasteiger partial charge in [-0.3, -0.25) is 13.9 Å². The molecule has 196 valence electrons. The Labute approximate surface area is 214 Å². The Morgan fingerprint density at radius 1 is 1.08 bits per heavy atom. The summed E-state index contributed by atoms with van der Waals surface area (Å²) in [5.74, 6) is -2.98. The van der Waals surface area contributed by atoms with Crippen LogP contribution in [0.4, 0.5) is 41.9 Å². The van der Waals surface area contributed by atoms with Gasteiger partial charge in [0.15, 0.2) is 11.6 Å². The summed E-state index contributed by atoms with van der Waals surface area (Å²) in [6.07, 6.45) is 5.28. The number of pyridine rings is 2. The van der Waals surface area contributed by atoms with Crippen LogP contribution in [-0.4, -0.2) is 40.0 Å². The van der Waals surface area contributed by atoms with Gasteiger partial charge in [0.2, 0.25) is 0 Å². The second-order valence-corrected chi connectivity index (χ2v) is 9.69. The van der Waals surface area contributed by atoms with Crippen molar-refractivity contribution in [3.63, 3.8) is 0 Å². The quantitative estimate of drug-likeness (QED) is 0.325. The number of rotatable bonds is 10. The first kappa shape index (κ1) is 26.4. The molecule has 0 radical (unpaired) electrons. The normalized spacial score (nSPS) is 13.7. The van der Waals surface area contributed by atoms with E-state index in [0.717, 1.165) is 19.0 Å². The maximum absolute atomic E-state index is 15.0. The van der Waals surface area contributed by atoms with Crippen LogP contribution in [0.3, 0.4) is 0 Å². The Balaban J connectivity index is 1.76. The lowest BCUT2D eigenvalue weighted by atomic mass is 10.1. The van der Waals surface area contributed by atoms with Crippen molar-refractivity contribution in [2.45, 2.75) is 25.7 Å². The van der Waals surface area contributed by atoms with E-state index >= 15 is 4.39 Å². The van der Waals surface area contributed by atoms with E-state index in [4.69, 9.17) is 4.84 Å². The molecule has 1 aromatic carbocycles. The van der Waals surface area contributed by atoms with E-state index in [9.17, 15) is 17.8 Å². The third kappa shape index (κ3) is 6.17. The summed E-state index contributed by atoms with van der Waals surface area (Å²) in [6.45, 7) is 1.90. The molecule has 1 saturated carbocycles. The summed E-state index contributed by atoms with van der Waals surface area (Å²) in [4.78, 5) is 25.5. The predicted molar refractivity (Wildman–Crippen MR) is 135 cm³/mol. The zero-order valence-electron chi connectivity index (χ0n) is 20.3. The minimum Gasteiger partial charge on any atom is -0.353 e. The maximum Gasteiger partial charge on any atom is 0.278 e. The standard InChI is InChI=1S/C24H25F3N6O3S/c1-4-36-32-24(34)16-12-28-22(31-23-18(27)7-14(25)11-29-23)10-19(16)30-20-9-17(26)15(13-5-6-13)8-21(20)33(2)37(3)35/h7-13H,4-6H2,1-3H3,(H,32,34)(H2,28,29,30,31). The molecule has 4 rings (SSSR count). The molecule has 1 amide bonds. The SMILES string of the molecule is CCONC(=O)c1cnc(Nc2ncc(F)cc2F)cc1Nc1cc(F)c(C2CC2)cc1N(C)S(C)=O. The monoisotopic (exact) mass is 534 g/mol. The third-order valence-electron chi connectivity index (χ3n) is 5.64. The lowest BCUT2D eigenvalue weighted by Gasteiger charge is -2.23. The first-order valence-electron chi connectivity index (χ1n) is 11.4. The van der Waals surface area contributed by atoms with Crippen molar-refractivity contribution in [1.82, 2.24) is 15.4 Å². The highest BCUT2D eigenvalue weighted by Gasteiger charge is 2.29. The van der Waals surface area contributed by atoms with Crippen molar-refractivity contribution in [2.24, 2.45) is 0 Å². The number of nitrogens with one attached hydrogen (secondary N) is 3. The van der Waals surface area contributed by atoms with Crippen LogP contribution in [0.5, 0.6) is 0 Å². The van der Waals surface area contributed by atoms with Crippen LogP contribution in [0.15, 0.2) is 36.7 Å². The molecule has 3 aromatic rings. The van der Waals surface area contributed by atoms with Gasteiger partial charge in [0.1, 0.15) is 28.4 Å². The number of benzene rings is 1. The second-order valence-electron chi connectivity index (χ2n) is 8.30. The molecule has 1 unspecified atom stereocenters. The first-order chi connectivity index (χ1) is 17.7. The highest BCUT2D eigenvalue weighted by molar-refractivity contribution is 7.85. The summed E-state index contributed by atoms with van der Waals surface area (Å²) in [5.41, 5.74) is 3.69. The Morgan fingerprint density at radius 3 is 2.49 bits per heavy atom. The van der Waals surface area contributed by atoms with Gasteiger partial charge in [0.05, 0.1) is 35.4 Å². The van der Waals surface area contributed by atoms with Crippen molar-refractivity contribution in [3.05, 3.63) is 65.2 Å². The van der Waals surface area contributed by atoms with Crippen LogP contribution in [0.2, 0.25) is 0 Å². The molecule has 2 heterocycles. The van der Waals surface area contributed by atoms with Crippen molar-refractivity contribution in [2.75, 3.05) is 34.8 Å². The van der Waals surface area contributed by atoms with E-state index in [1.165, 1.54) is 28.9 Å². The summed E-state index contributed by atoms with van der Waals surface area (Å²) in [7, 11) is 0.183. The molecular formula is C24H25F3N6O3S. The summed E-state index contributed by atoms with van der Waals surface area (Å²) in [5, 5.41) is 5.66. The van der Waals surface area contributed by atoms with Gasteiger partial charge in [-0.1, -0.05) is 0 Å². The number of nitrogens with zero attached hydrogens (tertiary/aromatic N) is 3. The van der Waals surface area contributed by atoms with Crippen molar-refractivity contribution < 1.29 is 27.0 Å². The van der Waals surface area contributed by atoms with E-state index < -0.39 is 34.3 Å². The highest BCUT2D eigenvalue weighted by atomic mass is 32.2. The number of amides is 1. The Bertz CT molecular complexity index is 1360. The molecule has 1 fully saturated rings. The molecule has 2 aromatic heterocycles. The van der Waals surface area contributed by atoms with E-state index in [-0.39, 0.29) is 41.1 Å². The molecule has 13 heteroatoms. The highest BCUT2D eigenvalue weighted by Crippen LogP contribution is 2.44. The molecule has 3 N–H and O–H groups in total. The van der Waals surface area contributed by atoms with Crippen LogP contribution in [-0.2, 0) is 15.8 Å². The topological polar surface area (TPSA) is 108 Å². The van der Waals surface area contributed by atoms with E-state index in [1.807, 2.05) is 0 Å². The largest absolute Gasteiger partial charge is 0.353 e. The van der Waals surface area contributed by atoms with E-state index in [1.54, 1.807) is 20.0 Å². The third-order valence-corrected chi connectivity index (χ3v) is 6.61. The van der Waals surface area contributed by atoms with Gasteiger partial charge in [0.25, 0.3) is 5.91 Å². The van der Waals surface area contributed by atoms with Gasteiger partial charge in [-0.15, -0.1) is 0 Å². The Morgan fingerprint density at radius 2 is 1.84 bits per heavy atom. The molecule has 9 nitrogen and oxygen atoms in total. The van der Waals surface area contributed by atoms with Gasteiger partial charge in [-0.05, 0) is 43.4 Å². The van der Waals surface area contributed by atoms with Gasteiger partial charge in [-0.25, -0.2) is 32.8 Å². The van der Waals surface area contributed by atoms with Crippen LogP contribution in [0, 0.1) is 17.5 Å². The predicted octanol–water partition coefficient (Wildman–Crippen LogP) is 4.67. The van der Waals surface area contributed by atoms with E-state index in [0.29, 0.717) is 17.3 Å². The Hall–Kier alpha value is -3.71. The number of hydrogen-bond donors (Lipinski definition) is 3. The molecule has 0 aliphatic heterocycles. The maximum atomic E-state index is 15.0. The first-order valence-corrected chi connectivity index (χ1v) is 12.9.